The van der Waals surface area contributed by atoms with Crippen LogP contribution < -0.4 is 0 Å². The minimum Gasteiger partial charge on any atom is -0.481 e. The molecule has 1 heterocycles. The van der Waals surface area contributed by atoms with E-state index < -0.39 is 21.9 Å². The van der Waals surface area contributed by atoms with Crippen molar-refractivity contribution in [2.24, 2.45) is 11.8 Å². The number of sulfonamides is 1. The summed E-state index contributed by atoms with van der Waals surface area (Å²) >= 11 is 0. The minimum absolute atomic E-state index is 0.0320. The molecule has 1 N–H and O–H groups in total. The summed E-state index contributed by atoms with van der Waals surface area (Å²) in [5, 5.41) is 9.12. The Morgan fingerprint density at radius 2 is 1.95 bits per heavy atom. The molecule has 2 atom stereocenters. The number of hydrogen-bond donors (Lipinski definition) is 1. The van der Waals surface area contributed by atoms with Gasteiger partial charge in [-0.25, -0.2) is 8.42 Å². The first-order valence-electron chi connectivity index (χ1n) is 7.17. The van der Waals surface area contributed by atoms with Crippen LogP contribution in [0.3, 0.4) is 0 Å². The van der Waals surface area contributed by atoms with Gasteiger partial charge >= 0.3 is 5.97 Å². The monoisotopic (exact) mass is 327 g/mol. The molecule has 1 aliphatic rings. The molecule has 6 nitrogen and oxygen atoms in total. The highest BCUT2D eigenvalue weighted by Gasteiger charge is 2.40. The number of rotatable bonds is 6. The summed E-state index contributed by atoms with van der Waals surface area (Å²) < 4.78 is 31.4. The summed E-state index contributed by atoms with van der Waals surface area (Å²) in [6.45, 7) is 2.62. The van der Waals surface area contributed by atoms with E-state index in [0.717, 1.165) is 12.0 Å². The smallest absolute Gasteiger partial charge is 0.308 e. The summed E-state index contributed by atoms with van der Waals surface area (Å²) in [7, 11) is -2.02. The molecule has 0 aromatic heterocycles. The number of carbonyl (C=O) groups is 1. The Balaban J connectivity index is 2.15. The maximum Gasteiger partial charge on any atom is 0.308 e. The van der Waals surface area contributed by atoms with Crippen LogP contribution in [0.25, 0.3) is 0 Å². The van der Waals surface area contributed by atoms with Crippen molar-refractivity contribution in [3.8, 4) is 0 Å². The fourth-order valence-electron chi connectivity index (χ4n) is 2.64. The van der Waals surface area contributed by atoms with E-state index in [-0.39, 0.29) is 23.9 Å². The number of ether oxygens (including phenoxy) is 1. The van der Waals surface area contributed by atoms with Gasteiger partial charge in [0.2, 0.25) is 10.0 Å². The lowest BCUT2D eigenvalue weighted by Gasteiger charge is -2.16. The van der Waals surface area contributed by atoms with Crippen molar-refractivity contribution in [2.75, 3.05) is 26.8 Å². The lowest BCUT2D eigenvalue weighted by atomic mass is 9.99. The highest BCUT2D eigenvalue weighted by atomic mass is 32.2. The van der Waals surface area contributed by atoms with Gasteiger partial charge in [-0.05, 0) is 30.0 Å². The van der Waals surface area contributed by atoms with Gasteiger partial charge in [-0.3, -0.25) is 4.79 Å². The first-order valence-corrected chi connectivity index (χ1v) is 8.61. The molecule has 0 unspecified atom stereocenters. The third-order valence-corrected chi connectivity index (χ3v) is 5.90. The topological polar surface area (TPSA) is 83.9 Å². The van der Waals surface area contributed by atoms with Crippen LogP contribution in [0.4, 0.5) is 0 Å². The Morgan fingerprint density at radius 1 is 1.32 bits per heavy atom. The average molecular weight is 327 g/mol. The number of methoxy groups -OCH3 is 1. The highest BCUT2D eigenvalue weighted by molar-refractivity contribution is 7.89. The van der Waals surface area contributed by atoms with E-state index in [1.165, 1.54) is 4.31 Å². The van der Waals surface area contributed by atoms with Crippen LogP contribution in [-0.2, 0) is 26.0 Å². The summed E-state index contributed by atoms with van der Waals surface area (Å²) in [6, 6.07) is 6.67. The van der Waals surface area contributed by atoms with Crippen LogP contribution >= 0.6 is 0 Å². The fraction of sp³-hybridized carbons (Fsp3) is 0.533. The van der Waals surface area contributed by atoms with E-state index in [4.69, 9.17) is 9.84 Å². The zero-order valence-electron chi connectivity index (χ0n) is 12.7. The second kappa shape index (κ2) is 6.76. The van der Waals surface area contributed by atoms with E-state index in [1.807, 2.05) is 0 Å². The van der Waals surface area contributed by atoms with Crippen molar-refractivity contribution in [3.63, 3.8) is 0 Å². The molecule has 1 saturated heterocycles. The minimum atomic E-state index is -3.64. The van der Waals surface area contributed by atoms with Crippen LogP contribution in [0.1, 0.15) is 12.5 Å². The Labute approximate surface area is 130 Å². The van der Waals surface area contributed by atoms with Crippen LogP contribution in [0.5, 0.6) is 0 Å². The Kier molecular flexibility index (Phi) is 5.20. The first kappa shape index (κ1) is 16.9. The Morgan fingerprint density at radius 3 is 2.45 bits per heavy atom. The van der Waals surface area contributed by atoms with Crippen LogP contribution in [0.15, 0.2) is 29.2 Å². The summed E-state index contributed by atoms with van der Waals surface area (Å²) in [5.41, 5.74) is 0.999. The predicted octanol–water partition coefficient (Wildman–Crippen LogP) is 1.22. The van der Waals surface area contributed by atoms with E-state index in [0.29, 0.717) is 6.61 Å². The zero-order chi connectivity index (χ0) is 16.3. The van der Waals surface area contributed by atoms with E-state index in [9.17, 15) is 13.2 Å². The van der Waals surface area contributed by atoms with Crippen molar-refractivity contribution in [2.45, 2.75) is 18.2 Å². The number of benzene rings is 1. The molecule has 1 aromatic rings. The van der Waals surface area contributed by atoms with Gasteiger partial charge in [-0.2, -0.15) is 4.31 Å². The third kappa shape index (κ3) is 3.48. The molecule has 22 heavy (non-hydrogen) atoms. The molecule has 7 heteroatoms. The molecule has 0 radical (unpaired) electrons. The third-order valence-electron chi connectivity index (χ3n) is 4.05. The Bertz CT molecular complexity index is 626. The number of hydrogen-bond acceptors (Lipinski definition) is 4. The number of aliphatic carboxylic acids is 1. The lowest BCUT2D eigenvalue weighted by molar-refractivity contribution is -0.142. The normalized spacial score (nSPS) is 22.8. The number of carboxylic acid groups (broad SMARTS) is 1. The molecular formula is C15H21NO5S. The summed E-state index contributed by atoms with van der Waals surface area (Å²) in [5.74, 6) is -1.77. The molecule has 1 aliphatic heterocycles. The molecule has 0 spiro atoms. The second-order valence-electron chi connectivity index (χ2n) is 5.63. The summed E-state index contributed by atoms with van der Waals surface area (Å²) in [6.07, 6.45) is 0.721. The second-order valence-corrected chi connectivity index (χ2v) is 7.57. The van der Waals surface area contributed by atoms with Gasteiger partial charge in [0.15, 0.2) is 0 Å². The van der Waals surface area contributed by atoms with E-state index in [2.05, 4.69) is 0 Å². The first-order chi connectivity index (χ1) is 10.4. The molecule has 0 bridgehead atoms. The zero-order valence-corrected chi connectivity index (χ0v) is 13.5. The molecule has 0 saturated carbocycles. The molecule has 1 fully saturated rings. The van der Waals surface area contributed by atoms with Crippen LogP contribution in [0.2, 0.25) is 0 Å². The SMILES string of the molecule is COCCc1ccc(S(=O)(=O)N2C[C@@H](C)[C@H](C(=O)O)C2)cc1. The Hall–Kier alpha value is -1.44. The van der Waals surface area contributed by atoms with Crippen LogP contribution in [0, 0.1) is 11.8 Å². The molecular weight excluding hydrogens is 306 g/mol. The van der Waals surface area contributed by atoms with Crippen molar-refractivity contribution < 1.29 is 23.1 Å². The van der Waals surface area contributed by atoms with Gasteiger partial charge in [-0.1, -0.05) is 19.1 Å². The lowest BCUT2D eigenvalue weighted by Crippen LogP contribution is -2.30. The molecule has 122 valence electrons. The molecule has 0 aliphatic carbocycles. The van der Waals surface area contributed by atoms with Gasteiger partial charge < -0.3 is 9.84 Å². The molecule has 2 rings (SSSR count). The van der Waals surface area contributed by atoms with E-state index in [1.54, 1.807) is 38.3 Å². The largest absolute Gasteiger partial charge is 0.481 e. The van der Waals surface area contributed by atoms with Crippen molar-refractivity contribution in [1.82, 2.24) is 4.31 Å². The van der Waals surface area contributed by atoms with Gasteiger partial charge in [0.05, 0.1) is 17.4 Å². The standard InChI is InChI=1S/C15H21NO5S/c1-11-9-16(10-14(11)15(17)18)22(19,20)13-5-3-12(4-6-13)7-8-21-2/h3-6,11,14H,7-10H2,1-2H3,(H,17,18)/t11-,14-/m1/s1. The quantitative estimate of drug-likeness (QED) is 0.849. The molecule has 1 aromatic carbocycles. The van der Waals surface area contributed by atoms with Crippen molar-refractivity contribution >= 4 is 16.0 Å². The maximum atomic E-state index is 12.6. The summed E-state index contributed by atoms with van der Waals surface area (Å²) in [4.78, 5) is 11.3. The molecule has 0 amide bonds. The van der Waals surface area contributed by atoms with Crippen molar-refractivity contribution in [1.29, 1.82) is 0 Å². The van der Waals surface area contributed by atoms with Gasteiger partial charge in [-0.15, -0.1) is 0 Å². The van der Waals surface area contributed by atoms with Gasteiger partial charge in [0.1, 0.15) is 0 Å². The average Bonchev–Trinajstić information content (AvgIpc) is 2.88. The van der Waals surface area contributed by atoms with Gasteiger partial charge in [0, 0.05) is 20.2 Å². The number of nitrogens with zero attached hydrogens (tertiary/aromatic N) is 1. The maximum absolute atomic E-state index is 12.6. The fourth-order valence-corrected chi connectivity index (χ4v) is 4.20. The van der Waals surface area contributed by atoms with Gasteiger partial charge in [0.25, 0.3) is 0 Å². The van der Waals surface area contributed by atoms with Crippen LogP contribution in [-0.4, -0.2) is 50.6 Å². The highest BCUT2D eigenvalue weighted by Crippen LogP contribution is 2.28. The number of carboxylic acids is 1. The van der Waals surface area contributed by atoms with E-state index >= 15 is 0 Å². The van der Waals surface area contributed by atoms with Crippen molar-refractivity contribution in [3.05, 3.63) is 29.8 Å². The predicted molar refractivity (Wildman–Crippen MR) is 81.1 cm³/mol.